The second-order valence-corrected chi connectivity index (χ2v) is 10.7. The summed E-state index contributed by atoms with van der Waals surface area (Å²) in [4.78, 5) is 14.8. The highest BCUT2D eigenvalue weighted by Gasteiger charge is 2.49. The number of carbonyl (C=O) groups excluding carboxylic acids is 1. The summed E-state index contributed by atoms with van der Waals surface area (Å²) in [5.74, 6) is -1.06. The monoisotopic (exact) mass is 585 g/mol. The van der Waals surface area contributed by atoms with Gasteiger partial charge in [-0.05, 0) is 65.5 Å². The van der Waals surface area contributed by atoms with Crippen LogP contribution in [0.2, 0.25) is 0 Å². The molecule has 3 unspecified atom stereocenters. The largest absolute Gasteiger partial charge is 0.416 e. The number of rotatable bonds is 5. The van der Waals surface area contributed by atoms with Crippen molar-refractivity contribution in [3.05, 3.63) is 82.6 Å². The second-order valence-electron chi connectivity index (χ2n) is 10.7. The number of hydrogen-bond acceptors (Lipinski definition) is 3. The summed E-state index contributed by atoms with van der Waals surface area (Å²) in [6.45, 7) is 1.43. The van der Waals surface area contributed by atoms with Crippen LogP contribution in [0.5, 0.6) is 0 Å². The van der Waals surface area contributed by atoms with Gasteiger partial charge in [0.1, 0.15) is 6.17 Å². The topological polar surface area (TPSA) is 52.8 Å². The Morgan fingerprint density at radius 3 is 2.34 bits per heavy atom. The molecule has 220 valence electrons. The molecular formula is C29H28F7N2O3+. The Morgan fingerprint density at radius 2 is 1.76 bits per heavy atom. The van der Waals surface area contributed by atoms with Gasteiger partial charge in [-0.3, -0.25) is 10.0 Å². The Labute approximate surface area is 231 Å². The third-order valence-corrected chi connectivity index (χ3v) is 8.01. The Kier molecular flexibility index (Phi) is 7.65. The molecule has 0 aromatic heterocycles. The molecule has 12 heteroatoms. The molecule has 1 aromatic rings. The highest BCUT2D eigenvalue weighted by molar-refractivity contribution is 5.91. The molecule has 0 spiro atoms. The first-order valence-electron chi connectivity index (χ1n) is 13.2. The van der Waals surface area contributed by atoms with Crippen LogP contribution in [0.4, 0.5) is 30.7 Å². The number of nitrogens with zero attached hydrogens (tertiary/aromatic N) is 2. The van der Waals surface area contributed by atoms with Crippen molar-refractivity contribution in [3.8, 4) is 0 Å². The molecule has 1 amide bonds. The van der Waals surface area contributed by atoms with Gasteiger partial charge in [-0.2, -0.15) is 26.3 Å². The van der Waals surface area contributed by atoms with Crippen LogP contribution in [0.25, 0.3) is 0 Å². The van der Waals surface area contributed by atoms with Gasteiger partial charge in [0.25, 0.3) is 0 Å². The normalized spacial score (nSPS) is 29.2. The zero-order chi connectivity index (χ0) is 29.7. The Hall–Kier alpha value is -3.41. The summed E-state index contributed by atoms with van der Waals surface area (Å²) in [6.07, 6.45) is -1.11. The summed E-state index contributed by atoms with van der Waals surface area (Å²) in [6, 6.07) is 0.910. The first-order valence-corrected chi connectivity index (χ1v) is 13.2. The van der Waals surface area contributed by atoms with E-state index in [1.165, 1.54) is 25.3 Å². The first kappa shape index (κ1) is 29.1. The van der Waals surface area contributed by atoms with E-state index in [-0.39, 0.29) is 36.4 Å². The predicted molar refractivity (Wildman–Crippen MR) is 134 cm³/mol. The van der Waals surface area contributed by atoms with E-state index in [2.05, 4.69) is 0 Å². The third kappa shape index (κ3) is 6.12. The highest BCUT2D eigenvalue weighted by atomic mass is 19.4. The summed E-state index contributed by atoms with van der Waals surface area (Å²) in [5, 5.41) is 9.89. The molecule has 3 aliphatic heterocycles. The summed E-state index contributed by atoms with van der Waals surface area (Å²) >= 11 is 0. The lowest BCUT2D eigenvalue weighted by atomic mass is 9.79. The molecule has 0 bridgehead atoms. The summed E-state index contributed by atoms with van der Waals surface area (Å²) in [7, 11) is 0. The van der Waals surface area contributed by atoms with Gasteiger partial charge in [0.05, 0.1) is 29.3 Å². The van der Waals surface area contributed by atoms with E-state index in [4.69, 9.17) is 4.74 Å². The zero-order valence-corrected chi connectivity index (χ0v) is 21.9. The van der Waals surface area contributed by atoms with Crippen molar-refractivity contribution in [3.63, 3.8) is 0 Å². The van der Waals surface area contributed by atoms with Crippen molar-refractivity contribution < 1.29 is 50.2 Å². The van der Waals surface area contributed by atoms with Gasteiger partial charge in [-0.1, -0.05) is 18.2 Å². The van der Waals surface area contributed by atoms with Crippen molar-refractivity contribution in [2.75, 3.05) is 6.54 Å². The van der Waals surface area contributed by atoms with E-state index < -0.39 is 53.8 Å². The number of amides is 1. The number of fused-ring (bicyclic) bond motifs is 1. The number of ether oxygens (including phenoxy) is 1. The maximum Gasteiger partial charge on any atom is 0.416 e. The van der Waals surface area contributed by atoms with Crippen molar-refractivity contribution in [1.82, 2.24) is 4.90 Å². The third-order valence-electron chi connectivity index (χ3n) is 8.01. The van der Waals surface area contributed by atoms with Crippen molar-refractivity contribution in [2.45, 2.75) is 63.0 Å². The van der Waals surface area contributed by atoms with E-state index in [9.17, 15) is 40.7 Å². The van der Waals surface area contributed by atoms with E-state index >= 15 is 0 Å². The molecule has 1 aromatic carbocycles. The number of benzene rings is 1. The molecule has 0 saturated carbocycles. The smallest absolute Gasteiger partial charge is 0.368 e. The van der Waals surface area contributed by atoms with Gasteiger partial charge in [-0.25, -0.2) is 4.39 Å². The molecule has 1 aliphatic carbocycles. The van der Waals surface area contributed by atoms with Gasteiger partial charge in [-0.15, -0.1) is 0 Å². The van der Waals surface area contributed by atoms with E-state index in [1.807, 2.05) is 0 Å². The molecule has 5 rings (SSSR count). The van der Waals surface area contributed by atoms with Gasteiger partial charge in [0.15, 0.2) is 0 Å². The fourth-order valence-corrected chi connectivity index (χ4v) is 6.01. The predicted octanol–water partition coefficient (Wildman–Crippen LogP) is 6.56. The molecule has 6 atom stereocenters. The molecule has 1 fully saturated rings. The van der Waals surface area contributed by atoms with Crippen molar-refractivity contribution in [1.29, 1.82) is 0 Å². The molecule has 1 N–H and O–H groups in total. The van der Waals surface area contributed by atoms with Crippen molar-refractivity contribution in [2.24, 2.45) is 11.8 Å². The van der Waals surface area contributed by atoms with Crippen LogP contribution in [0.15, 0.2) is 65.9 Å². The second kappa shape index (κ2) is 10.8. The van der Waals surface area contributed by atoms with Crippen LogP contribution in [-0.4, -0.2) is 51.8 Å². The molecule has 1 saturated heterocycles. The minimum Gasteiger partial charge on any atom is -0.368 e. The lowest BCUT2D eigenvalue weighted by Crippen LogP contribution is -2.42. The quantitative estimate of drug-likeness (QED) is 0.242. The van der Waals surface area contributed by atoms with Crippen LogP contribution in [0.3, 0.4) is 0 Å². The fraction of sp³-hybridized carbons (Fsp3) is 0.448. The fourth-order valence-electron chi connectivity index (χ4n) is 6.01. The van der Waals surface area contributed by atoms with Gasteiger partial charge < -0.3 is 9.64 Å². The van der Waals surface area contributed by atoms with E-state index in [0.29, 0.717) is 30.5 Å². The molecule has 5 nitrogen and oxygen atoms in total. The van der Waals surface area contributed by atoms with Gasteiger partial charge in [0.2, 0.25) is 18.3 Å². The lowest BCUT2D eigenvalue weighted by molar-refractivity contribution is -0.724. The molecule has 4 aliphatic rings. The maximum atomic E-state index is 13.9. The van der Waals surface area contributed by atoms with Crippen LogP contribution >= 0.6 is 0 Å². The van der Waals surface area contributed by atoms with Crippen LogP contribution in [0, 0.1) is 11.8 Å². The van der Waals surface area contributed by atoms with Crippen LogP contribution in [0.1, 0.15) is 49.0 Å². The Balaban J connectivity index is 1.46. The minimum absolute atomic E-state index is 0.0536. The number of carbonyl (C=O) groups is 1. The average molecular weight is 586 g/mol. The minimum atomic E-state index is -5.00. The zero-order valence-electron chi connectivity index (χ0n) is 21.9. The molecule has 3 heterocycles. The van der Waals surface area contributed by atoms with Crippen LogP contribution in [-0.2, 0) is 21.9 Å². The number of allylic oxidation sites excluding steroid dienone is 4. The molecule has 41 heavy (non-hydrogen) atoms. The summed E-state index contributed by atoms with van der Waals surface area (Å²) < 4.78 is 102. The Morgan fingerprint density at radius 1 is 1.07 bits per heavy atom. The highest BCUT2D eigenvalue weighted by Crippen LogP contribution is 2.44. The lowest BCUT2D eigenvalue weighted by Gasteiger charge is -2.34. The van der Waals surface area contributed by atoms with E-state index in [0.717, 1.165) is 10.3 Å². The van der Waals surface area contributed by atoms with Crippen LogP contribution < -0.4 is 0 Å². The number of halogens is 7. The van der Waals surface area contributed by atoms with Crippen molar-refractivity contribution >= 4 is 12.1 Å². The molecular weight excluding hydrogens is 557 g/mol. The number of hydroxylamine groups is 1. The maximum absolute atomic E-state index is 13.9. The number of hydrogen-bond donors (Lipinski definition) is 1. The van der Waals surface area contributed by atoms with Gasteiger partial charge >= 0.3 is 12.4 Å². The molecule has 0 radical (unpaired) electrons. The number of alkyl halides is 7. The van der Waals surface area contributed by atoms with E-state index in [1.54, 1.807) is 29.3 Å². The SMILES string of the molecule is C[C@@H](O[C@H]1CN2C(=O)C=C(C3C=[N+](O)C=CC3)C[C@H]2C1C1=CCC(F)C=C1)c1cc(C(F)(F)F)cc(C(F)(F)F)c1. The van der Waals surface area contributed by atoms with Gasteiger partial charge in [0, 0.05) is 31.0 Å². The summed E-state index contributed by atoms with van der Waals surface area (Å²) in [5.41, 5.74) is -1.72. The Bertz CT molecular complexity index is 1330. The first-order chi connectivity index (χ1) is 19.2. The standard InChI is InChI=1S/C29H28F7N2O3/c1-16(19-9-21(28(31,32)33)13-22(10-19)29(34,35)36)41-25-15-38-24(27(25)17-4-6-23(30)7-5-17)11-20(12-26(38)39)18-3-2-8-37(40)14-18/h2,4-6,8-10,12-14,16,18,23-25,27,40H,3,7,11,15H2,1H3/q+1/t16-,18?,23?,24+,25+,27?/m1/s1. The average Bonchev–Trinajstić information content (AvgIpc) is 3.26.